The molecule has 4 nitrogen and oxygen atoms in total. The number of halogens is 1. The summed E-state index contributed by atoms with van der Waals surface area (Å²) in [4.78, 5) is 12.0. The second-order valence-electron chi connectivity index (χ2n) is 4.67. The number of methoxy groups -OCH3 is 1. The van der Waals surface area contributed by atoms with Gasteiger partial charge in [0.05, 0.1) is 23.6 Å². The van der Waals surface area contributed by atoms with Gasteiger partial charge >= 0.3 is 0 Å². The minimum absolute atomic E-state index is 0.120. The van der Waals surface area contributed by atoms with E-state index >= 15 is 0 Å². The molecule has 1 aromatic carbocycles. The van der Waals surface area contributed by atoms with Crippen LogP contribution in [0.15, 0.2) is 18.2 Å². The zero-order chi connectivity index (χ0) is 13.9. The Morgan fingerprint density at radius 1 is 1.50 bits per heavy atom. The number of hydrogen-bond acceptors (Lipinski definition) is 3. The lowest BCUT2D eigenvalue weighted by molar-refractivity contribution is 0.0909. The minimum atomic E-state index is -0.564. The van der Waals surface area contributed by atoms with Crippen LogP contribution in [0, 0.1) is 0 Å². The Kier molecular flexibility index (Phi) is 4.46. The van der Waals surface area contributed by atoms with Gasteiger partial charge in [-0.3, -0.25) is 4.79 Å². The van der Waals surface area contributed by atoms with Crippen LogP contribution in [0.5, 0.6) is 11.5 Å². The first kappa shape index (κ1) is 14.6. The van der Waals surface area contributed by atoms with Crippen molar-refractivity contribution in [1.82, 2.24) is 5.32 Å². The van der Waals surface area contributed by atoms with Crippen LogP contribution < -0.4 is 10.1 Å². The zero-order valence-corrected chi connectivity index (χ0v) is 11.7. The summed E-state index contributed by atoms with van der Waals surface area (Å²) in [6.07, 6.45) is 0. The quantitative estimate of drug-likeness (QED) is 0.828. The Morgan fingerprint density at radius 3 is 2.56 bits per heavy atom. The molecule has 1 atom stereocenters. The molecule has 5 heteroatoms. The van der Waals surface area contributed by atoms with Crippen molar-refractivity contribution in [2.24, 2.45) is 0 Å². The van der Waals surface area contributed by atoms with Crippen LogP contribution in [0.25, 0.3) is 0 Å². The zero-order valence-electron chi connectivity index (χ0n) is 11.0. The normalized spacial score (nSPS) is 12.9. The van der Waals surface area contributed by atoms with Gasteiger partial charge < -0.3 is 15.2 Å². The third-order valence-electron chi connectivity index (χ3n) is 2.88. The molecule has 0 saturated heterocycles. The summed E-state index contributed by atoms with van der Waals surface area (Å²) in [6, 6.07) is 4.52. The fourth-order valence-electron chi connectivity index (χ4n) is 1.29. The van der Waals surface area contributed by atoms with Crippen LogP contribution in [0.4, 0.5) is 0 Å². The predicted octanol–water partition coefficient (Wildman–Crippen LogP) is 2.54. The van der Waals surface area contributed by atoms with Gasteiger partial charge in [0.25, 0.3) is 5.91 Å². The first-order chi connectivity index (χ1) is 8.27. The lowest BCUT2D eigenvalue weighted by atomic mass is 10.0. The molecule has 0 spiro atoms. The van der Waals surface area contributed by atoms with Crippen LogP contribution in [0.3, 0.4) is 0 Å². The number of carbonyl (C=O) groups is 1. The van der Waals surface area contributed by atoms with E-state index in [-0.39, 0.29) is 22.6 Å². The molecular formula is C13H18ClNO3. The van der Waals surface area contributed by atoms with Crippen LogP contribution >= 0.6 is 11.6 Å². The number of ether oxygens (including phenoxy) is 1. The highest BCUT2D eigenvalue weighted by molar-refractivity contribution is 6.21. The Balaban J connectivity index is 2.92. The summed E-state index contributed by atoms with van der Waals surface area (Å²) >= 11 is 5.99. The molecule has 2 N–H and O–H groups in total. The molecule has 0 saturated carbocycles. The van der Waals surface area contributed by atoms with Gasteiger partial charge in [-0.2, -0.15) is 0 Å². The van der Waals surface area contributed by atoms with Gasteiger partial charge in [0, 0.05) is 6.07 Å². The van der Waals surface area contributed by atoms with Gasteiger partial charge in [0.2, 0.25) is 0 Å². The highest BCUT2D eigenvalue weighted by Crippen LogP contribution is 2.24. The summed E-state index contributed by atoms with van der Waals surface area (Å²) in [5, 5.41) is 12.3. The van der Waals surface area contributed by atoms with Gasteiger partial charge in [-0.25, -0.2) is 0 Å². The van der Waals surface area contributed by atoms with E-state index in [1.807, 2.05) is 13.8 Å². The van der Waals surface area contributed by atoms with Crippen LogP contribution in [-0.2, 0) is 0 Å². The lowest BCUT2D eigenvalue weighted by Gasteiger charge is -2.29. The number of benzene rings is 1. The number of amides is 1. The molecule has 0 aromatic heterocycles. The molecule has 0 bridgehead atoms. The van der Waals surface area contributed by atoms with E-state index in [0.29, 0.717) is 5.75 Å². The SMILES string of the molecule is COc1ccc(C(=O)NC(C)(C)C(C)Cl)c(O)c1. The Labute approximate surface area is 112 Å². The van der Waals surface area contributed by atoms with Crippen LogP contribution in [0.2, 0.25) is 0 Å². The van der Waals surface area contributed by atoms with E-state index in [1.165, 1.54) is 19.2 Å². The maximum absolute atomic E-state index is 12.0. The van der Waals surface area contributed by atoms with Crippen LogP contribution in [-0.4, -0.2) is 29.0 Å². The van der Waals surface area contributed by atoms with Crippen molar-refractivity contribution < 1.29 is 14.6 Å². The number of phenols is 1. The number of aromatic hydroxyl groups is 1. The molecule has 18 heavy (non-hydrogen) atoms. The number of rotatable bonds is 4. The highest BCUT2D eigenvalue weighted by Gasteiger charge is 2.27. The molecule has 0 aliphatic rings. The Morgan fingerprint density at radius 2 is 2.11 bits per heavy atom. The van der Waals surface area contributed by atoms with Crippen molar-refractivity contribution >= 4 is 17.5 Å². The molecule has 1 amide bonds. The Hall–Kier alpha value is -1.42. The second kappa shape index (κ2) is 5.48. The average Bonchev–Trinajstić information content (AvgIpc) is 2.27. The standard InChI is InChI=1S/C13H18ClNO3/c1-8(14)13(2,3)15-12(17)10-6-5-9(18-4)7-11(10)16/h5-8,16H,1-4H3,(H,15,17). The number of alkyl halides is 1. The number of hydrogen-bond donors (Lipinski definition) is 2. The van der Waals surface area contributed by atoms with E-state index in [0.717, 1.165) is 0 Å². The maximum Gasteiger partial charge on any atom is 0.255 e. The molecule has 0 fully saturated rings. The monoisotopic (exact) mass is 271 g/mol. The van der Waals surface area contributed by atoms with Crippen molar-refractivity contribution in [3.05, 3.63) is 23.8 Å². The van der Waals surface area contributed by atoms with Crippen molar-refractivity contribution in [3.63, 3.8) is 0 Å². The van der Waals surface area contributed by atoms with Gasteiger partial charge in [0.15, 0.2) is 0 Å². The van der Waals surface area contributed by atoms with E-state index in [1.54, 1.807) is 13.0 Å². The van der Waals surface area contributed by atoms with Gasteiger partial charge in [-0.1, -0.05) is 0 Å². The van der Waals surface area contributed by atoms with Crippen molar-refractivity contribution in [3.8, 4) is 11.5 Å². The first-order valence-corrected chi connectivity index (χ1v) is 6.05. The maximum atomic E-state index is 12.0. The average molecular weight is 272 g/mol. The third kappa shape index (κ3) is 3.29. The molecule has 0 heterocycles. The fraction of sp³-hybridized carbons (Fsp3) is 0.462. The molecule has 0 aliphatic carbocycles. The minimum Gasteiger partial charge on any atom is -0.507 e. The molecule has 1 aromatic rings. The van der Waals surface area contributed by atoms with Crippen molar-refractivity contribution in [2.75, 3.05) is 7.11 Å². The van der Waals surface area contributed by atoms with Gasteiger partial charge in [0.1, 0.15) is 11.5 Å². The fourth-order valence-corrected chi connectivity index (χ4v) is 1.34. The van der Waals surface area contributed by atoms with Crippen LogP contribution in [0.1, 0.15) is 31.1 Å². The van der Waals surface area contributed by atoms with Crippen molar-refractivity contribution in [1.29, 1.82) is 0 Å². The summed E-state index contributed by atoms with van der Waals surface area (Å²) in [7, 11) is 1.49. The lowest BCUT2D eigenvalue weighted by Crippen LogP contribution is -2.49. The Bertz CT molecular complexity index is 444. The summed E-state index contributed by atoms with van der Waals surface area (Å²) in [6.45, 7) is 5.45. The predicted molar refractivity (Wildman–Crippen MR) is 71.5 cm³/mol. The largest absolute Gasteiger partial charge is 0.507 e. The van der Waals surface area contributed by atoms with Crippen molar-refractivity contribution in [2.45, 2.75) is 31.7 Å². The molecule has 100 valence electrons. The number of carbonyl (C=O) groups excluding carboxylic acids is 1. The molecule has 0 aliphatic heterocycles. The first-order valence-electron chi connectivity index (χ1n) is 5.61. The molecule has 1 unspecified atom stereocenters. The van der Waals surface area contributed by atoms with E-state index in [2.05, 4.69) is 5.32 Å². The van der Waals surface area contributed by atoms with Gasteiger partial charge in [-0.15, -0.1) is 11.6 Å². The number of phenolic OH excluding ortho intramolecular Hbond substituents is 1. The summed E-state index contributed by atoms with van der Waals surface area (Å²) in [5.74, 6) is 0.00607. The van der Waals surface area contributed by atoms with E-state index < -0.39 is 5.54 Å². The molecule has 1 rings (SSSR count). The highest BCUT2D eigenvalue weighted by atomic mass is 35.5. The number of nitrogens with one attached hydrogen (secondary N) is 1. The van der Waals surface area contributed by atoms with E-state index in [4.69, 9.17) is 16.3 Å². The van der Waals surface area contributed by atoms with Gasteiger partial charge in [-0.05, 0) is 32.9 Å². The summed E-state index contributed by atoms with van der Waals surface area (Å²) < 4.78 is 4.96. The third-order valence-corrected chi connectivity index (χ3v) is 3.43. The van der Waals surface area contributed by atoms with E-state index in [9.17, 15) is 9.90 Å². The molecule has 0 radical (unpaired) electrons. The topological polar surface area (TPSA) is 58.6 Å². The molecular weight excluding hydrogens is 254 g/mol. The summed E-state index contributed by atoms with van der Waals surface area (Å²) in [5.41, 5.74) is -0.369. The second-order valence-corrected chi connectivity index (χ2v) is 5.33. The smallest absolute Gasteiger partial charge is 0.255 e.